The number of carbonyl (C=O) groups excluding carboxylic acids is 2. The smallest absolute Gasteiger partial charge is 0.408 e. The Hall–Kier alpha value is -0.830. The molecule has 0 spiro atoms. The first-order valence-electron chi connectivity index (χ1n) is 7.94. The Balaban J connectivity index is 3.02. The molecule has 0 radical (unpaired) electrons. The van der Waals surface area contributed by atoms with Gasteiger partial charge >= 0.3 is 12.1 Å². The van der Waals surface area contributed by atoms with E-state index in [9.17, 15) is 9.59 Å². The summed E-state index contributed by atoms with van der Waals surface area (Å²) in [4.78, 5) is 24.7. The number of alkyl carbamates (subject to hydrolysis) is 1. The summed E-state index contributed by atoms with van der Waals surface area (Å²) in [6, 6.07) is 4.91. The number of ether oxygens (including phenoxy) is 2. The minimum atomic E-state index is -0.846. The largest absolute Gasteiger partial charge is 0.458 e. The van der Waals surface area contributed by atoms with E-state index >= 15 is 0 Å². The number of carbonyl (C=O) groups is 2. The topological polar surface area (TPSA) is 64.6 Å². The van der Waals surface area contributed by atoms with Crippen LogP contribution in [0.1, 0.15) is 47.1 Å². The number of hydrogen-bond acceptors (Lipinski definition) is 4. The van der Waals surface area contributed by atoms with E-state index in [1.807, 2.05) is 18.2 Å². The van der Waals surface area contributed by atoms with Crippen molar-refractivity contribution >= 4 is 50.6 Å². The van der Waals surface area contributed by atoms with E-state index in [4.69, 9.17) is 9.47 Å². The van der Waals surface area contributed by atoms with Crippen molar-refractivity contribution in [1.82, 2.24) is 5.32 Å². The van der Waals surface area contributed by atoms with Crippen LogP contribution in [0.4, 0.5) is 4.79 Å². The molecule has 0 heterocycles. The number of nitrogens with one attached hydrogen (secondary N) is 1. The van der Waals surface area contributed by atoms with Gasteiger partial charge in [0.05, 0.1) is 0 Å². The van der Waals surface area contributed by atoms with Gasteiger partial charge in [0.15, 0.2) is 0 Å². The third-order valence-electron chi connectivity index (χ3n) is 2.85. The van der Waals surface area contributed by atoms with Gasteiger partial charge in [-0.05, 0) is 81.8 Å². The Bertz CT molecular complexity index is 615. The van der Waals surface area contributed by atoms with Crippen LogP contribution in [0.5, 0.6) is 0 Å². The van der Waals surface area contributed by atoms with Crippen molar-refractivity contribution in [2.75, 3.05) is 0 Å². The SMILES string of the molecule is CC(C)(C)OC(=O)NC(Cc1c(Br)cccc1I)C(=O)OC(C)(C)C. The normalized spacial score (nSPS) is 13.1. The molecule has 0 fully saturated rings. The molecular weight excluding hydrogens is 501 g/mol. The van der Waals surface area contributed by atoms with Crippen LogP contribution in [0.15, 0.2) is 22.7 Å². The van der Waals surface area contributed by atoms with Crippen LogP contribution in [-0.4, -0.2) is 29.3 Å². The van der Waals surface area contributed by atoms with Crippen molar-refractivity contribution < 1.29 is 19.1 Å². The van der Waals surface area contributed by atoms with Gasteiger partial charge in [-0.2, -0.15) is 0 Å². The molecule has 0 aliphatic carbocycles. The highest BCUT2D eigenvalue weighted by molar-refractivity contribution is 14.1. The monoisotopic (exact) mass is 525 g/mol. The summed E-state index contributed by atoms with van der Waals surface area (Å²) in [6.07, 6.45) is -0.348. The Morgan fingerprint density at radius 2 is 1.68 bits per heavy atom. The van der Waals surface area contributed by atoms with E-state index in [-0.39, 0.29) is 0 Å². The fraction of sp³-hybridized carbons (Fsp3) is 0.556. The zero-order valence-electron chi connectivity index (χ0n) is 15.4. The Labute approximate surface area is 171 Å². The van der Waals surface area contributed by atoms with Gasteiger partial charge in [-0.3, -0.25) is 0 Å². The molecule has 0 aliphatic heterocycles. The zero-order chi connectivity index (χ0) is 19.4. The lowest BCUT2D eigenvalue weighted by Crippen LogP contribution is -2.47. The van der Waals surface area contributed by atoms with Crippen molar-refractivity contribution in [1.29, 1.82) is 0 Å². The molecule has 0 aromatic heterocycles. The lowest BCUT2D eigenvalue weighted by Gasteiger charge is -2.26. The fourth-order valence-corrected chi connectivity index (χ4v) is 3.56. The molecule has 1 aromatic rings. The average molecular weight is 526 g/mol. The van der Waals surface area contributed by atoms with Crippen LogP contribution >= 0.6 is 38.5 Å². The number of amides is 1. The summed E-state index contributed by atoms with van der Waals surface area (Å²) in [5.41, 5.74) is -0.369. The molecule has 1 atom stereocenters. The molecule has 0 aliphatic rings. The van der Waals surface area contributed by atoms with Crippen LogP contribution < -0.4 is 5.32 Å². The molecule has 1 aromatic carbocycles. The molecule has 0 bridgehead atoms. The summed E-state index contributed by atoms with van der Waals surface area (Å²) >= 11 is 5.70. The molecule has 0 saturated heterocycles. The molecule has 1 amide bonds. The summed E-state index contributed by atoms with van der Waals surface area (Å²) in [6.45, 7) is 10.7. The first-order valence-corrected chi connectivity index (χ1v) is 9.81. The number of benzene rings is 1. The molecule has 1 unspecified atom stereocenters. The second-order valence-corrected chi connectivity index (χ2v) is 9.65. The van der Waals surface area contributed by atoms with Gasteiger partial charge in [0, 0.05) is 14.5 Å². The first-order chi connectivity index (χ1) is 11.3. The summed E-state index contributed by atoms with van der Waals surface area (Å²) in [5.74, 6) is -0.495. The lowest BCUT2D eigenvalue weighted by molar-refractivity contribution is -0.157. The maximum absolute atomic E-state index is 12.6. The van der Waals surface area contributed by atoms with Crippen LogP contribution in [0.25, 0.3) is 0 Å². The first kappa shape index (κ1) is 22.2. The lowest BCUT2D eigenvalue weighted by atomic mass is 10.1. The summed E-state index contributed by atoms with van der Waals surface area (Å²) in [5, 5.41) is 2.64. The molecule has 1 N–H and O–H groups in total. The zero-order valence-corrected chi connectivity index (χ0v) is 19.1. The number of halogens is 2. The maximum Gasteiger partial charge on any atom is 0.408 e. The Kier molecular flexibility index (Phi) is 7.73. The highest BCUT2D eigenvalue weighted by atomic mass is 127. The van der Waals surface area contributed by atoms with E-state index in [1.165, 1.54) is 0 Å². The van der Waals surface area contributed by atoms with Crippen molar-refractivity contribution in [3.05, 3.63) is 31.8 Å². The van der Waals surface area contributed by atoms with Gasteiger partial charge < -0.3 is 14.8 Å². The van der Waals surface area contributed by atoms with E-state index in [1.54, 1.807) is 41.5 Å². The van der Waals surface area contributed by atoms with Gasteiger partial charge in [-0.1, -0.05) is 22.0 Å². The van der Waals surface area contributed by atoms with Gasteiger partial charge in [0.25, 0.3) is 0 Å². The van der Waals surface area contributed by atoms with Crippen LogP contribution in [0.2, 0.25) is 0 Å². The molecule has 140 valence electrons. The third kappa shape index (κ3) is 8.40. The predicted molar refractivity (Wildman–Crippen MR) is 110 cm³/mol. The Morgan fingerprint density at radius 3 is 2.16 bits per heavy atom. The maximum atomic E-state index is 12.6. The molecule has 1 rings (SSSR count). The number of rotatable bonds is 4. The van der Waals surface area contributed by atoms with Gasteiger partial charge in [0.2, 0.25) is 0 Å². The molecule has 0 saturated carbocycles. The highest BCUT2D eigenvalue weighted by Gasteiger charge is 2.29. The van der Waals surface area contributed by atoms with Crippen molar-refractivity contribution in [2.24, 2.45) is 0 Å². The molecule has 7 heteroatoms. The Morgan fingerprint density at radius 1 is 1.12 bits per heavy atom. The van der Waals surface area contributed by atoms with E-state index in [0.717, 1.165) is 13.6 Å². The summed E-state index contributed by atoms with van der Waals surface area (Å²) in [7, 11) is 0. The van der Waals surface area contributed by atoms with Gasteiger partial charge in [-0.15, -0.1) is 0 Å². The highest BCUT2D eigenvalue weighted by Crippen LogP contribution is 2.24. The predicted octanol–water partition coefficient (Wildman–Crippen LogP) is 4.83. The molecule has 5 nitrogen and oxygen atoms in total. The number of hydrogen-bond donors (Lipinski definition) is 1. The van der Waals surface area contributed by atoms with E-state index in [0.29, 0.717) is 6.42 Å². The van der Waals surface area contributed by atoms with E-state index < -0.39 is 29.3 Å². The second-order valence-electron chi connectivity index (χ2n) is 7.64. The van der Waals surface area contributed by atoms with Crippen molar-refractivity contribution in [2.45, 2.75) is 65.2 Å². The third-order valence-corrected chi connectivity index (χ3v) is 4.61. The summed E-state index contributed by atoms with van der Waals surface area (Å²) < 4.78 is 12.6. The van der Waals surface area contributed by atoms with Gasteiger partial charge in [-0.25, -0.2) is 9.59 Å². The van der Waals surface area contributed by atoms with Crippen LogP contribution in [0, 0.1) is 3.57 Å². The standard InChI is InChI=1S/C18H25BrINO4/c1-17(2,3)24-15(22)14(21-16(23)25-18(4,5)6)10-11-12(19)8-7-9-13(11)20/h7-9,14H,10H2,1-6H3,(H,21,23). The second kappa shape index (κ2) is 8.70. The average Bonchev–Trinajstić information content (AvgIpc) is 2.37. The van der Waals surface area contributed by atoms with Crippen LogP contribution in [0.3, 0.4) is 0 Å². The van der Waals surface area contributed by atoms with E-state index in [2.05, 4.69) is 43.8 Å². The minimum absolute atomic E-state index is 0.299. The van der Waals surface area contributed by atoms with Gasteiger partial charge in [0.1, 0.15) is 17.2 Å². The van der Waals surface area contributed by atoms with Crippen molar-refractivity contribution in [3.8, 4) is 0 Å². The van der Waals surface area contributed by atoms with Crippen LogP contribution in [-0.2, 0) is 20.7 Å². The quantitative estimate of drug-likeness (QED) is 0.451. The molecule has 25 heavy (non-hydrogen) atoms. The number of esters is 1. The molecular formula is C18H25BrINO4. The fourth-order valence-electron chi connectivity index (χ4n) is 1.95. The minimum Gasteiger partial charge on any atom is -0.458 e. The van der Waals surface area contributed by atoms with Crippen molar-refractivity contribution in [3.63, 3.8) is 0 Å².